The average molecular weight is 358 g/mol. The van der Waals surface area contributed by atoms with E-state index in [9.17, 15) is 14.0 Å². The Morgan fingerprint density at radius 1 is 1.23 bits per heavy atom. The van der Waals surface area contributed by atoms with Crippen molar-refractivity contribution in [2.75, 3.05) is 31.1 Å². The number of amides is 2. The average Bonchev–Trinajstić information content (AvgIpc) is 2.66. The van der Waals surface area contributed by atoms with Crippen molar-refractivity contribution in [3.8, 4) is 0 Å². The van der Waals surface area contributed by atoms with Crippen molar-refractivity contribution in [1.29, 1.82) is 0 Å². The zero-order chi connectivity index (χ0) is 18.5. The van der Waals surface area contributed by atoms with E-state index in [4.69, 9.17) is 5.11 Å². The Morgan fingerprint density at radius 3 is 2.62 bits per heavy atom. The lowest BCUT2D eigenvalue weighted by atomic mass is 10.2. The van der Waals surface area contributed by atoms with E-state index < -0.39 is 11.8 Å². The van der Waals surface area contributed by atoms with Crippen LogP contribution in [-0.4, -0.2) is 53.2 Å². The number of hydrogen-bond acceptors (Lipinski definition) is 4. The van der Waals surface area contributed by atoms with Crippen LogP contribution in [-0.2, 0) is 6.54 Å². The maximum Gasteiger partial charge on any atom is 0.337 e. The number of urea groups is 1. The molecule has 0 aliphatic carbocycles. The number of aromatic carboxylic acids is 1. The normalized spacial score (nSPS) is 14.1. The first-order valence-corrected chi connectivity index (χ1v) is 8.25. The molecule has 2 heterocycles. The van der Waals surface area contributed by atoms with E-state index in [2.05, 4.69) is 10.3 Å². The molecule has 0 radical (unpaired) electrons. The van der Waals surface area contributed by atoms with Crippen LogP contribution in [0, 0.1) is 5.82 Å². The second-order valence-electron chi connectivity index (χ2n) is 5.93. The Bertz CT molecular complexity index is 791. The van der Waals surface area contributed by atoms with Crippen molar-refractivity contribution in [3.05, 3.63) is 59.7 Å². The molecule has 0 bridgehead atoms. The minimum atomic E-state index is -1.07. The number of rotatable bonds is 4. The van der Waals surface area contributed by atoms with Crippen LogP contribution in [0.15, 0.2) is 42.6 Å². The Hall–Kier alpha value is -3.00. The number of carboxylic acid groups (broad SMARTS) is 1. The van der Waals surface area contributed by atoms with E-state index in [0.717, 1.165) is 0 Å². The predicted octanol–water partition coefficient (Wildman–Crippen LogP) is 1.95. The molecule has 1 aromatic carbocycles. The number of pyridine rings is 1. The molecule has 1 aliphatic heterocycles. The summed E-state index contributed by atoms with van der Waals surface area (Å²) in [5.74, 6) is -1.50. The molecule has 0 unspecified atom stereocenters. The molecule has 3 rings (SSSR count). The summed E-state index contributed by atoms with van der Waals surface area (Å²) in [7, 11) is 0. The highest BCUT2D eigenvalue weighted by molar-refractivity contribution is 5.92. The van der Waals surface area contributed by atoms with Gasteiger partial charge in [-0.05, 0) is 30.3 Å². The fraction of sp³-hybridized carbons (Fsp3) is 0.278. The number of carbonyl (C=O) groups is 2. The van der Waals surface area contributed by atoms with Crippen molar-refractivity contribution in [2.45, 2.75) is 6.54 Å². The highest BCUT2D eigenvalue weighted by Gasteiger charge is 2.24. The van der Waals surface area contributed by atoms with Gasteiger partial charge in [-0.3, -0.25) is 9.88 Å². The van der Waals surface area contributed by atoms with Crippen LogP contribution < -0.4 is 10.2 Å². The second kappa shape index (κ2) is 7.92. The summed E-state index contributed by atoms with van der Waals surface area (Å²) in [6.45, 7) is 2.65. The topological polar surface area (TPSA) is 85.8 Å². The van der Waals surface area contributed by atoms with Gasteiger partial charge in [0.1, 0.15) is 5.82 Å². The molecule has 0 spiro atoms. The van der Waals surface area contributed by atoms with Gasteiger partial charge in [0.05, 0.1) is 17.8 Å². The molecule has 1 fully saturated rings. The monoisotopic (exact) mass is 358 g/mol. The number of piperazine rings is 1. The van der Waals surface area contributed by atoms with E-state index in [1.54, 1.807) is 23.1 Å². The van der Waals surface area contributed by atoms with Gasteiger partial charge in [0.15, 0.2) is 0 Å². The van der Waals surface area contributed by atoms with Crippen LogP contribution in [0.25, 0.3) is 0 Å². The van der Waals surface area contributed by atoms with E-state index >= 15 is 0 Å². The highest BCUT2D eigenvalue weighted by Crippen LogP contribution is 2.20. The van der Waals surface area contributed by atoms with Crippen molar-refractivity contribution in [1.82, 2.24) is 15.2 Å². The SMILES string of the molecule is O=C(O)c1ccc(CN(C(=O)N2CCNCC2)c2cccc(F)c2)nc1. The number of carboxylic acids is 1. The van der Waals surface area contributed by atoms with E-state index in [1.807, 2.05) is 0 Å². The van der Waals surface area contributed by atoms with E-state index in [1.165, 1.54) is 29.3 Å². The largest absolute Gasteiger partial charge is 0.478 e. The number of halogens is 1. The summed E-state index contributed by atoms with van der Waals surface area (Å²) in [4.78, 5) is 31.2. The fourth-order valence-corrected chi connectivity index (χ4v) is 2.75. The Labute approximate surface area is 150 Å². The Morgan fingerprint density at radius 2 is 2.00 bits per heavy atom. The molecule has 8 heteroatoms. The van der Waals surface area contributed by atoms with E-state index in [-0.39, 0.29) is 18.1 Å². The Balaban J connectivity index is 1.87. The predicted molar refractivity (Wildman–Crippen MR) is 93.6 cm³/mol. The summed E-state index contributed by atoms with van der Waals surface area (Å²) in [5, 5.41) is 12.1. The number of aromatic nitrogens is 1. The lowest BCUT2D eigenvalue weighted by Gasteiger charge is -2.33. The molecule has 0 atom stereocenters. The maximum absolute atomic E-state index is 13.7. The minimum Gasteiger partial charge on any atom is -0.478 e. The van der Waals surface area contributed by atoms with Crippen LogP contribution in [0.1, 0.15) is 16.1 Å². The van der Waals surface area contributed by atoms with Gasteiger partial charge in [0.25, 0.3) is 0 Å². The van der Waals surface area contributed by atoms with Gasteiger partial charge in [-0.1, -0.05) is 6.07 Å². The lowest BCUT2D eigenvalue weighted by molar-refractivity contribution is 0.0696. The fourth-order valence-electron chi connectivity index (χ4n) is 2.75. The second-order valence-corrected chi connectivity index (χ2v) is 5.93. The number of benzene rings is 1. The van der Waals surface area contributed by atoms with Gasteiger partial charge in [0.2, 0.25) is 0 Å². The summed E-state index contributed by atoms with van der Waals surface area (Å²) < 4.78 is 13.7. The zero-order valence-corrected chi connectivity index (χ0v) is 14.1. The molecule has 1 saturated heterocycles. The van der Waals surface area contributed by atoms with Gasteiger partial charge >= 0.3 is 12.0 Å². The van der Waals surface area contributed by atoms with Crippen molar-refractivity contribution in [3.63, 3.8) is 0 Å². The first kappa shape index (κ1) is 17.8. The van der Waals surface area contributed by atoms with Crippen LogP contribution in [0.2, 0.25) is 0 Å². The molecule has 7 nitrogen and oxygen atoms in total. The molecular weight excluding hydrogens is 339 g/mol. The van der Waals surface area contributed by atoms with Crippen molar-refractivity contribution < 1.29 is 19.1 Å². The maximum atomic E-state index is 13.7. The van der Waals surface area contributed by atoms with Crippen LogP contribution in [0.5, 0.6) is 0 Å². The summed E-state index contributed by atoms with van der Waals surface area (Å²) >= 11 is 0. The summed E-state index contributed by atoms with van der Waals surface area (Å²) in [5.41, 5.74) is 1.01. The Kier molecular flexibility index (Phi) is 5.43. The van der Waals surface area contributed by atoms with Gasteiger partial charge in [-0.2, -0.15) is 0 Å². The first-order chi connectivity index (χ1) is 12.5. The molecule has 136 valence electrons. The third-order valence-corrected chi connectivity index (χ3v) is 4.13. The summed E-state index contributed by atoms with van der Waals surface area (Å²) in [6.07, 6.45) is 1.25. The van der Waals surface area contributed by atoms with Crippen molar-refractivity contribution in [2.24, 2.45) is 0 Å². The highest BCUT2D eigenvalue weighted by atomic mass is 19.1. The van der Waals surface area contributed by atoms with Gasteiger partial charge in [0, 0.05) is 38.1 Å². The summed E-state index contributed by atoms with van der Waals surface area (Å²) in [6, 6.07) is 8.58. The number of nitrogens with zero attached hydrogens (tertiary/aromatic N) is 3. The van der Waals surface area contributed by atoms with Crippen molar-refractivity contribution >= 4 is 17.7 Å². The standard InChI is InChI=1S/C18H19FN4O3/c19-14-2-1-3-16(10-14)23(18(26)22-8-6-20-7-9-22)12-15-5-4-13(11-21-15)17(24)25/h1-5,10-11,20H,6-9,12H2,(H,24,25). The van der Waals surface area contributed by atoms with Gasteiger partial charge in [-0.15, -0.1) is 0 Å². The number of anilines is 1. The van der Waals surface area contributed by atoms with Crippen LogP contribution in [0.4, 0.5) is 14.9 Å². The molecule has 26 heavy (non-hydrogen) atoms. The molecule has 2 aromatic rings. The lowest BCUT2D eigenvalue weighted by Crippen LogP contribution is -2.51. The van der Waals surface area contributed by atoms with E-state index in [0.29, 0.717) is 37.6 Å². The molecule has 0 saturated carbocycles. The zero-order valence-electron chi connectivity index (χ0n) is 14.1. The van der Waals surface area contributed by atoms with Crippen LogP contribution in [0.3, 0.4) is 0 Å². The number of hydrogen-bond donors (Lipinski definition) is 2. The molecule has 2 N–H and O–H groups in total. The van der Waals surface area contributed by atoms with Gasteiger partial charge in [-0.25, -0.2) is 14.0 Å². The third-order valence-electron chi connectivity index (χ3n) is 4.13. The number of nitrogens with one attached hydrogen (secondary N) is 1. The molecule has 2 amide bonds. The molecule has 1 aliphatic rings. The minimum absolute atomic E-state index is 0.0690. The van der Waals surface area contributed by atoms with Gasteiger partial charge < -0.3 is 15.3 Å². The third kappa shape index (κ3) is 4.15. The molecule has 1 aromatic heterocycles. The smallest absolute Gasteiger partial charge is 0.337 e. The molecular formula is C18H19FN4O3. The van der Waals surface area contributed by atoms with Crippen LogP contribution >= 0.6 is 0 Å². The first-order valence-electron chi connectivity index (χ1n) is 8.25. The number of carbonyl (C=O) groups excluding carboxylic acids is 1. The quantitative estimate of drug-likeness (QED) is 0.873.